The molecule has 1 rings (SSSR count). The van der Waals surface area contributed by atoms with E-state index in [9.17, 15) is 51.0 Å². The fourth-order valence-electron chi connectivity index (χ4n) is 1.51. The number of hydrogen-bond acceptors (Lipinski definition) is 5. The van der Waals surface area contributed by atoms with Crippen molar-refractivity contribution in [1.29, 1.82) is 5.41 Å². The van der Waals surface area contributed by atoms with Crippen molar-refractivity contribution in [3.63, 3.8) is 0 Å². The molecule has 0 aliphatic carbocycles. The minimum absolute atomic E-state index is 0.219. The Hall–Kier alpha value is -3.00. The minimum atomic E-state index is -5.26. The first-order valence-electron chi connectivity index (χ1n) is 5.75. The first kappa shape index (κ1) is 20.0. The lowest BCUT2D eigenvalue weighted by Crippen LogP contribution is -2.40. The quantitative estimate of drug-likeness (QED) is 0.265. The summed E-state index contributed by atoms with van der Waals surface area (Å²) >= 11 is 0. The number of alkyl halides is 7. The highest BCUT2D eigenvalue weighted by molar-refractivity contribution is 6.02. The number of amidine groups is 1. The van der Waals surface area contributed by atoms with Crippen molar-refractivity contribution in [1.82, 2.24) is 0 Å². The van der Waals surface area contributed by atoms with Gasteiger partial charge in [0.2, 0.25) is 0 Å². The molecule has 0 saturated heterocycles. The topological polar surface area (TPSA) is 122 Å². The number of nitro groups is 2. The zero-order valence-corrected chi connectivity index (χ0v) is 11.4. The van der Waals surface area contributed by atoms with Gasteiger partial charge in [-0.1, -0.05) is 0 Å². The van der Waals surface area contributed by atoms with Gasteiger partial charge in [-0.15, -0.1) is 0 Å². The average molecular weight is 378 g/mol. The molecule has 15 heteroatoms. The number of anilines is 1. The Morgan fingerprint density at radius 1 is 1.04 bits per heavy atom. The lowest BCUT2D eigenvalue weighted by atomic mass is 10.1. The van der Waals surface area contributed by atoms with Crippen molar-refractivity contribution < 1.29 is 40.6 Å². The molecule has 0 amide bonds. The summed E-state index contributed by atoms with van der Waals surface area (Å²) < 4.78 is 88.2. The molecule has 0 saturated carbocycles. The molecule has 1 aromatic rings. The Labute approximate surface area is 132 Å². The lowest BCUT2D eigenvalue weighted by Gasteiger charge is -2.18. The minimum Gasteiger partial charge on any atom is -0.328 e. The molecule has 8 nitrogen and oxygen atoms in total. The highest BCUT2D eigenvalue weighted by atomic mass is 19.4. The molecular formula is C10H5F7N4O4. The molecular weight excluding hydrogens is 373 g/mol. The van der Waals surface area contributed by atoms with Crippen LogP contribution in [0.2, 0.25) is 0 Å². The van der Waals surface area contributed by atoms with Crippen LogP contribution in [0.3, 0.4) is 0 Å². The fourth-order valence-corrected chi connectivity index (χ4v) is 1.51. The van der Waals surface area contributed by atoms with Crippen molar-refractivity contribution in [2.24, 2.45) is 0 Å². The van der Waals surface area contributed by atoms with Gasteiger partial charge in [-0.3, -0.25) is 25.6 Å². The predicted octanol–water partition coefficient (Wildman–Crippen LogP) is 3.81. The highest BCUT2D eigenvalue weighted by Gasteiger charge is 2.47. The lowest BCUT2D eigenvalue weighted by molar-refractivity contribution is -0.392. The molecule has 1 aromatic carbocycles. The van der Waals surface area contributed by atoms with Gasteiger partial charge in [0, 0.05) is 12.1 Å². The molecule has 2 N–H and O–H groups in total. The van der Waals surface area contributed by atoms with E-state index in [0.717, 1.165) is 5.32 Å². The predicted molar refractivity (Wildman–Crippen MR) is 67.1 cm³/mol. The molecule has 0 fully saturated rings. The van der Waals surface area contributed by atoms with Crippen LogP contribution in [0.15, 0.2) is 12.1 Å². The Kier molecular flexibility index (Phi) is 5.20. The van der Waals surface area contributed by atoms with Crippen molar-refractivity contribution in [2.75, 3.05) is 5.32 Å². The maximum absolute atomic E-state index is 13.0. The second kappa shape index (κ2) is 6.48. The summed E-state index contributed by atoms with van der Waals surface area (Å²) in [5.74, 6) is -7.54. The van der Waals surface area contributed by atoms with E-state index >= 15 is 0 Å². The standard InChI is InChI=1S/C10H5F7N4O4/c11-7(12)9(13,14)8(18)19-6-4(20(22)23)1-3(10(15,16)17)2-5(6)21(24)25/h1-2,7H,(H2,18,19). The monoisotopic (exact) mass is 378 g/mol. The van der Waals surface area contributed by atoms with Crippen molar-refractivity contribution in [3.05, 3.63) is 37.9 Å². The van der Waals surface area contributed by atoms with Gasteiger partial charge in [0.05, 0.1) is 15.4 Å². The van der Waals surface area contributed by atoms with E-state index in [0.29, 0.717) is 0 Å². The fraction of sp³-hybridized carbons (Fsp3) is 0.300. The number of rotatable bonds is 5. The number of nitrogens with zero attached hydrogens (tertiary/aromatic N) is 2. The van der Waals surface area contributed by atoms with Gasteiger partial charge in [0.25, 0.3) is 11.4 Å². The molecule has 0 bridgehead atoms. The first-order valence-corrected chi connectivity index (χ1v) is 5.75. The zero-order valence-electron chi connectivity index (χ0n) is 11.4. The summed E-state index contributed by atoms with van der Waals surface area (Å²) in [7, 11) is 0. The van der Waals surface area contributed by atoms with E-state index in [1.807, 2.05) is 0 Å². The number of halogens is 7. The van der Waals surface area contributed by atoms with E-state index < -0.39 is 56.8 Å². The van der Waals surface area contributed by atoms with Crippen LogP contribution in [0.1, 0.15) is 5.56 Å². The summed E-state index contributed by atoms with van der Waals surface area (Å²) in [5.41, 5.74) is -6.80. The van der Waals surface area contributed by atoms with Crippen molar-refractivity contribution in [3.8, 4) is 0 Å². The number of benzene rings is 1. The van der Waals surface area contributed by atoms with Crippen LogP contribution in [0, 0.1) is 25.6 Å². The number of nitrogens with one attached hydrogen (secondary N) is 2. The molecule has 0 unspecified atom stereocenters. The first-order chi connectivity index (χ1) is 11.2. The molecule has 0 aliphatic rings. The number of hydrogen-bond donors (Lipinski definition) is 2. The molecule has 0 heterocycles. The van der Waals surface area contributed by atoms with Crippen molar-refractivity contribution in [2.45, 2.75) is 18.5 Å². The van der Waals surface area contributed by atoms with Gasteiger partial charge in [0.1, 0.15) is 0 Å². The third kappa shape index (κ3) is 4.10. The molecule has 0 aliphatic heterocycles. The second-order valence-corrected chi connectivity index (χ2v) is 4.33. The highest BCUT2D eigenvalue weighted by Crippen LogP contribution is 2.41. The Bertz CT molecular complexity index is 699. The van der Waals surface area contributed by atoms with E-state index in [-0.39, 0.29) is 12.1 Å². The Morgan fingerprint density at radius 3 is 1.72 bits per heavy atom. The van der Waals surface area contributed by atoms with Gasteiger partial charge in [-0.05, 0) is 0 Å². The van der Waals surface area contributed by atoms with Crippen LogP contribution in [-0.2, 0) is 6.18 Å². The summed E-state index contributed by atoms with van der Waals surface area (Å²) in [5, 5.41) is 29.5. The largest absolute Gasteiger partial charge is 0.416 e. The Balaban J connectivity index is 3.60. The van der Waals surface area contributed by atoms with Gasteiger partial charge < -0.3 is 5.32 Å². The van der Waals surface area contributed by atoms with Crippen LogP contribution in [0.4, 0.5) is 47.8 Å². The summed E-state index contributed by atoms with van der Waals surface area (Å²) in [6.45, 7) is 0. The van der Waals surface area contributed by atoms with E-state index in [4.69, 9.17) is 5.41 Å². The van der Waals surface area contributed by atoms with E-state index in [1.165, 1.54) is 0 Å². The van der Waals surface area contributed by atoms with Crippen LogP contribution >= 0.6 is 0 Å². The summed E-state index contributed by atoms with van der Waals surface area (Å²) in [6, 6.07) is -0.438. The maximum Gasteiger partial charge on any atom is 0.416 e. The van der Waals surface area contributed by atoms with Gasteiger partial charge in [-0.25, -0.2) is 8.78 Å². The van der Waals surface area contributed by atoms with E-state index in [2.05, 4.69) is 0 Å². The van der Waals surface area contributed by atoms with Crippen molar-refractivity contribution >= 4 is 22.9 Å². The SMILES string of the molecule is N=C(Nc1c([N+](=O)[O-])cc(C(F)(F)F)cc1[N+](=O)[O-])C(F)(F)C(F)F. The maximum atomic E-state index is 13.0. The van der Waals surface area contributed by atoms with Gasteiger partial charge in [0.15, 0.2) is 11.5 Å². The Morgan fingerprint density at radius 2 is 1.44 bits per heavy atom. The smallest absolute Gasteiger partial charge is 0.328 e. The summed E-state index contributed by atoms with van der Waals surface area (Å²) in [4.78, 5) is 18.5. The molecule has 138 valence electrons. The summed E-state index contributed by atoms with van der Waals surface area (Å²) in [6.07, 6.45) is -9.70. The molecule has 0 atom stereocenters. The average Bonchev–Trinajstić information content (AvgIpc) is 2.44. The van der Waals surface area contributed by atoms with E-state index in [1.54, 1.807) is 0 Å². The third-order valence-corrected chi connectivity index (χ3v) is 2.67. The molecule has 0 spiro atoms. The third-order valence-electron chi connectivity index (χ3n) is 2.67. The van der Waals surface area contributed by atoms with Crippen LogP contribution in [0.5, 0.6) is 0 Å². The zero-order chi connectivity index (χ0) is 19.7. The second-order valence-electron chi connectivity index (χ2n) is 4.33. The number of nitro benzene ring substituents is 2. The molecule has 0 aromatic heterocycles. The normalized spacial score (nSPS) is 12.2. The van der Waals surface area contributed by atoms with Crippen LogP contribution < -0.4 is 5.32 Å². The van der Waals surface area contributed by atoms with Crippen LogP contribution in [0.25, 0.3) is 0 Å². The molecule has 25 heavy (non-hydrogen) atoms. The van der Waals surface area contributed by atoms with Gasteiger partial charge in [-0.2, -0.15) is 22.0 Å². The van der Waals surface area contributed by atoms with Crippen LogP contribution in [-0.4, -0.2) is 28.0 Å². The van der Waals surface area contributed by atoms with Gasteiger partial charge >= 0.3 is 18.5 Å². The molecule has 0 radical (unpaired) electrons.